The van der Waals surface area contributed by atoms with E-state index in [1.165, 1.54) is 18.5 Å². The van der Waals surface area contributed by atoms with Crippen molar-refractivity contribution in [2.75, 3.05) is 31.6 Å². The van der Waals surface area contributed by atoms with Gasteiger partial charge >= 0.3 is 0 Å². The zero-order valence-corrected chi connectivity index (χ0v) is 11.7. The summed E-state index contributed by atoms with van der Waals surface area (Å²) in [7, 11) is 1.86. The minimum atomic E-state index is -0.467. The zero-order chi connectivity index (χ0) is 12.3. The second kappa shape index (κ2) is 5.85. The molecule has 1 aliphatic rings. The molecule has 3 nitrogen and oxygen atoms in total. The molecule has 2 N–H and O–H groups in total. The van der Waals surface area contributed by atoms with Gasteiger partial charge in [-0.1, -0.05) is 22.0 Å². The summed E-state index contributed by atoms with van der Waals surface area (Å²) in [6.07, 6.45) is 2.02. The van der Waals surface area contributed by atoms with E-state index in [1.807, 2.05) is 19.2 Å². The number of aliphatic hydroxyl groups excluding tert-OH is 1. The molecule has 2 rings (SSSR count). The molecule has 0 bridgehead atoms. The number of benzene rings is 1. The topological polar surface area (TPSA) is 35.5 Å². The van der Waals surface area contributed by atoms with E-state index in [-0.39, 0.29) is 0 Å². The van der Waals surface area contributed by atoms with Crippen molar-refractivity contribution in [3.63, 3.8) is 0 Å². The van der Waals surface area contributed by atoms with Crippen LogP contribution in [0.4, 0.5) is 5.69 Å². The van der Waals surface area contributed by atoms with Crippen LogP contribution in [0.5, 0.6) is 0 Å². The molecule has 0 aliphatic carbocycles. The van der Waals surface area contributed by atoms with Gasteiger partial charge in [0.1, 0.15) is 0 Å². The van der Waals surface area contributed by atoms with Gasteiger partial charge in [0.15, 0.2) is 0 Å². The highest BCUT2D eigenvalue weighted by Gasteiger charge is 2.21. The number of nitrogens with zero attached hydrogens (tertiary/aromatic N) is 1. The van der Waals surface area contributed by atoms with E-state index in [1.54, 1.807) is 0 Å². The molecule has 1 atom stereocenters. The number of likely N-dealkylation sites (N-methyl/N-ethyl adjacent to an activating group) is 1. The summed E-state index contributed by atoms with van der Waals surface area (Å²) in [5, 5.41) is 13.2. The van der Waals surface area contributed by atoms with Gasteiger partial charge in [-0.3, -0.25) is 0 Å². The van der Waals surface area contributed by atoms with Crippen LogP contribution in [0.2, 0.25) is 0 Å². The van der Waals surface area contributed by atoms with E-state index in [4.69, 9.17) is 0 Å². The van der Waals surface area contributed by atoms with Gasteiger partial charge in [0.2, 0.25) is 0 Å². The molecule has 1 saturated heterocycles. The highest BCUT2D eigenvalue weighted by atomic mass is 79.9. The summed E-state index contributed by atoms with van der Waals surface area (Å²) < 4.78 is 0.990. The Balaban J connectivity index is 2.33. The Morgan fingerprint density at radius 2 is 2.12 bits per heavy atom. The van der Waals surface area contributed by atoms with Crippen LogP contribution in [0.1, 0.15) is 24.5 Å². The highest BCUT2D eigenvalue weighted by Crippen LogP contribution is 2.34. The van der Waals surface area contributed by atoms with Crippen LogP contribution in [-0.2, 0) is 0 Å². The maximum absolute atomic E-state index is 10.2. The molecule has 0 radical (unpaired) electrons. The second-order valence-electron chi connectivity index (χ2n) is 4.44. The SMILES string of the molecule is CNCC(O)c1c(Br)cccc1N1CCCC1. The number of nitrogens with one attached hydrogen (secondary N) is 1. The van der Waals surface area contributed by atoms with Crippen molar-refractivity contribution in [2.24, 2.45) is 0 Å². The number of hydrogen-bond acceptors (Lipinski definition) is 3. The van der Waals surface area contributed by atoms with Gasteiger partial charge in [-0.25, -0.2) is 0 Å². The van der Waals surface area contributed by atoms with Crippen LogP contribution in [0, 0.1) is 0 Å². The first-order valence-corrected chi connectivity index (χ1v) is 6.89. The summed E-state index contributed by atoms with van der Waals surface area (Å²) in [5.41, 5.74) is 2.17. The molecule has 17 heavy (non-hydrogen) atoms. The normalized spacial score (nSPS) is 17.5. The predicted octanol–water partition coefficient (Wildman–Crippen LogP) is 2.30. The Hall–Kier alpha value is -0.580. The first-order chi connectivity index (χ1) is 8.24. The van der Waals surface area contributed by atoms with Crippen LogP contribution >= 0.6 is 15.9 Å². The van der Waals surface area contributed by atoms with E-state index < -0.39 is 6.10 Å². The fourth-order valence-corrected chi connectivity index (χ4v) is 3.00. The first-order valence-electron chi connectivity index (χ1n) is 6.10. The fraction of sp³-hybridized carbons (Fsp3) is 0.538. The molecule has 0 saturated carbocycles. The lowest BCUT2D eigenvalue weighted by molar-refractivity contribution is 0.177. The lowest BCUT2D eigenvalue weighted by Gasteiger charge is -2.24. The van der Waals surface area contributed by atoms with Crippen molar-refractivity contribution in [1.82, 2.24) is 5.32 Å². The first kappa shape index (κ1) is 12.9. The predicted molar refractivity (Wildman–Crippen MR) is 74.5 cm³/mol. The van der Waals surface area contributed by atoms with Gasteiger partial charge in [-0.15, -0.1) is 0 Å². The molecular weight excluding hydrogens is 280 g/mol. The van der Waals surface area contributed by atoms with Crippen LogP contribution < -0.4 is 10.2 Å². The number of rotatable bonds is 4. The molecule has 94 valence electrons. The Morgan fingerprint density at radius 1 is 1.41 bits per heavy atom. The Labute approximate surface area is 111 Å². The Kier molecular flexibility index (Phi) is 4.42. The smallest absolute Gasteiger partial charge is 0.0945 e. The number of aliphatic hydroxyl groups is 1. The van der Waals surface area contributed by atoms with Gasteiger partial charge < -0.3 is 15.3 Å². The maximum atomic E-state index is 10.2. The molecule has 1 aromatic carbocycles. The van der Waals surface area contributed by atoms with Crippen molar-refractivity contribution in [3.8, 4) is 0 Å². The van der Waals surface area contributed by atoms with E-state index in [2.05, 4.69) is 32.2 Å². The molecule has 1 aliphatic heterocycles. The van der Waals surface area contributed by atoms with E-state index in [9.17, 15) is 5.11 Å². The number of hydrogen-bond donors (Lipinski definition) is 2. The van der Waals surface area contributed by atoms with Gasteiger partial charge in [0.05, 0.1) is 6.10 Å². The standard InChI is InChI=1S/C13H19BrN2O/c1-15-9-12(17)13-10(14)5-4-6-11(13)16-7-2-3-8-16/h4-6,12,15,17H,2-3,7-9H2,1H3. The maximum Gasteiger partial charge on any atom is 0.0945 e. The molecule has 4 heteroatoms. The largest absolute Gasteiger partial charge is 0.387 e. The molecule has 1 heterocycles. The van der Waals surface area contributed by atoms with Crippen molar-refractivity contribution in [1.29, 1.82) is 0 Å². The summed E-state index contributed by atoms with van der Waals surface area (Å²) in [6, 6.07) is 6.13. The van der Waals surface area contributed by atoms with E-state index >= 15 is 0 Å². The third-order valence-corrected chi connectivity index (χ3v) is 3.90. The van der Waals surface area contributed by atoms with Gasteiger partial charge in [0.25, 0.3) is 0 Å². The van der Waals surface area contributed by atoms with Crippen LogP contribution in [0.3, 0.4) is 0 Å². The van der Waals surface area contributed by atoms with Crippen molar-refractivity contribution >= 4 is 21.6 Å². The van der Waals surface area contributed by atoms with Crippen LogP contribution in [0.15, 0.2) is 22.7 Å². The fourth-order valence-electron chi connectivity index (χ4n) is 2.38. The van der Waals surface area contributed by atoms with Gasteiger partial charge in [0, 0.05) is 35.4 Å². The number of halogens is 1. The molecule has 0 aromatic heterocycles. The van der Waals surface area contributed by atoms with Crippen molar-refractivity contribution in [2.45, 2.75) is 18.9 Å². The van der Waals surface area contributed by atoms with Gasteiger partial charge in [-0.05, 0) is 32.0 Å². The highest BCUT2D eigenvalue weighted by molar-refractivity contribution is 9.10. The molecule has 0 amide bonds. The number of anilines is 1. The summed E-state index contributed by atoms with van der Waals surface area (Å²) in [5.74, 6) is 0. The van der Waals surface area contributed by atoms with Crippen molar-refractivity contribution < 1.29 is 5.11 Å². The van der Waals surface area contributed by atoms with Crippen LogP contribution in [-0.4, -0.2) is 31.8 Å². The third-order valence-electron chi connectivity index (χ3n) is 3.21. The Morgan fingerprint density at radius 3 is 2.76 bits per heavy atom. The Bertz CT molecular complexity index is 378. The summed E-state index contributed by atoms with van der Waals surface area (Å²) >= 11 is 3.55. The molecular formula is C13H19BrN2O. The third kappa shape index (κ3) is 2.81. The molecule has 1 fully saturated rings. The minimum Gasteiger partial charge on any atom is -0.387 e. The van der Waals surface area contributed by atoms with Crippen LogP contribution in [0.25, 0.3) is 0 Å². The van der Waals surface area contributed by atoms with Crippen molar-refractivity contribution in [3.05, 3.63) is 28.2 Å². The van der Waals surface area contributed by atoms with E-state index in [0.717, 1.165) is 23.1 Å². The molecule has 1 aromatic rings. The molecule has 0 spiro atoms. The summed E-state index contributed by atoms with van der Waals surface area (Å²) in [6.45, 7) is 2.76. The molecule has 1 unspecified atom stereocenters. The summed E-state index contributed by atoms with van der Waals surface area (Å²) in [4.78, 5) is 2.36. The average Bonchev–Trinajstić information content (AvgIpc) is 2.82. The quantitative estimate of drug-likeness (QED) is 0.895. The average molecular weight is 299 g/mol. The monoisotopic (exact) mass is 298 g/mol. The lowest BCUT2D eigenvalue weighted by atomic mass is 10.1. The van der Waals surface area contributed by atoms with Gasteiger partial charge in [-0.2, -0.15) is 0 Å². The second-order valence-corrected chi connectivity index (χ2v) is 5.29. The lowest BCUT2D eigenvalue weighted by Crippen LogP contribution is -2.23. The zero-order valence-electron chi connectivity index (χ0n) is 10.1. The minimum absolute atomic E-state index is 0.467. The van der Waals surface area contributed by atoms with E-state index in [0.29, 0.717) is 6.54 Å².